The Morgan fingerprint density at radius 1 is 1.53 bits per heavy atom. The van der Waals surface area contributed by atoms with E-state index in [1.165, 1.54) is 6.07 Å². The smallest absolute Gasteiger partial charge is 0.254 e. The first-order valence-corrected chi connectivity index (χ1v) is 6.84. The van der Waals surface area contributed by atoms with Gasteiger partial charge in [-0.25, -0.2) is 4.98 Å². The maximum absolute atomic E-state index is 12.5. The highest BCUT2D eigenvalue weighted by atomic mass is 35.5. The lowest BCUT2D eigenvalue weighted by Crippen LogP contribution is -2.44. The molecule has 1 amide bonds. The minimum absolute atomic E-state index is 0.0887. The number of nitrogens with two attached hydrogens (primary N) is 1. The minimum Gasteiger partial charge on any atom is -0.396 e. The van der Waals surface area contributed by atoms with E-state index in [2.05, 4.69) is 4.98 Å². The highest BCUT2D eigenvalue weighted by Crippen LogP contribution is 2.23. The van der Waals surface area contributed by atoms with Gasteiger partial charge in [-0.2, -0.15) is 0 Å². The number of amides is 1. The molecule has 3 N–H and O–H groups in total. The molecule has 1 unspecified atom stereocenters. The van der Waals surface area contributed by atoms with Crippen molar-refractivity contribution in [2.24, 2.45) is 0 Å². The highest BCUT2D eigenvalue weighted by Gasteiger charge is 2.27. The fourth-order valence-electron chi connectivity index (χ4n) is 2.52. The van der Waals surface area contributed by atoms with E-state index < -0.39 is 0 Å². The summed E-state index contributed by atoms with van der Waals surface area (Å²) in [5.41, 5.74) is 6.07. The Morgan fingerprint density at radius 3 is 3.00 bits per heavy atom. The molecule has 0 aromatic carbocycles. The summed E-state index contributed by atoms with van der Waals surface area (Å²) in [4.78, 5) is 18.2. The van der Waals surface area contributed by atoms with E-state index in [1.807, 2.05) is 4.90 Å². The Labute approximate surface area is 117 Å². The molecule has 0 spiro atoms. The number of rotatable bonds is 3. The number of anilines is 1. The number of piperidine rings is 1. The number of aliphatic hydroxyl groups is 1. The first kappa shape index (κ1) is 14.1. The third kappa shape index (κ3) is 3.36. The van der Waals surface area contributed by atoms with Gasteiger partial charge >= 0.3 is 0 Å². The largest absolute Gasteiger partial charge is 0.396 e. The van der Waals surface area contributed by atoms with Crippen LogP contribution in [0.1, 0.15) is 36.0 Å². The van der Waals surface area contributed by atoms with Gasteiger partial charge in [0.25, 0.3) is 5.91 Å². The van der Waals surface area contributed by atoms with E-state index in [-0.39, 0.29) is 29.5 Å². The van der Waals surface area contributed by atoms with Crippen molar-refractivity contribution in [2.75, 3.05) is 18.9 Å². The fourth-order valence-corrected chi connectivity index (χ4v) is 2.74. The molecule has 2 rings (SSSR count). The lowest BCUT2D eigenvalue weighted by Gasteiger charge is -2.35. The molecule has 0 bridgehead atoms. The molecule has 19 heavy (non-hydrogen) atoms. The summed E-state index contributed by atoms with van der Waals surface area (Å²) in [7, 11) is 0. The first-order chi connectivity index (χ1) is 9.11. The van der Waals surface area contributed by atoms with Gasteiger partial charge in [0.2, 0.25) is 0 Å². The Kier molecular flexibility index (Phi) is 4.61. The topological polar surface area (TPSA) is 79.5 Å². The maximum Gasteiger partial charge on any atom is 0.254 e. The normalized spacial score (nSPS) is 19.5. The molecule has 5 nitrogen and oxygen atoms in total. The molecule has 104 valence electrons. The number of pyridine rings is 1. The van der Waals surface area contributed by atoms with Crippen LogP contribution in [0.25, 0.3) is 0 Å². The second kappa shape index (κ2) is 6.21. The van der Waals surface area contributed by atoms with Gasteiger partial charge in [-0.1, -0.05) is 11.6 Å². The third-order valence-corrected chi connectivity index (χ3v) is 3.60. The van der Waals surface area contributed by atoms with Gasteiger partial charge in [-0.3, -0.25) is 4.79 Å². The van der Waals surface area contributed by atoms with Crippen LogP contribution >= 0.6 is 11.6 Å². The van der Waals surface area contributed by atoms with E-state index in [0.717, 1.165) is 19.3 Å². The van der Waals surface area contributed by atoms with Gasteiger partial charge in [-0.05, 0) is 37.8 Å². The molecule has 1 aliphatic heterocycles. The van der Waals surface area contributed by atoms with Crippen molar-refractivity contribution >= 4 is 23.3 Å². The Morgan fingerprint density at radius 2 is 2.32 bits per heavy atom. The van der Waals surface area contributed by atoms with Crippen molar-refractivity contribution in [1.29, 1.82) is 0 Å². The minimum atomic E-state index is -0.0887. The summed E-state index contributed by atoms with van der Waals surface area (Å²) in [6, 6.07) is 3.17. The van der Waals surface area contributed by atoms with Crippen LogP contribution in [0, 0.1) is 0 Å². The van der Waals surface area contributed by atoms with Gasteiger partial charge < -0.3 is 15.7 Å². The highest BCUT2D eigenvalue weighted by molar-refractivity contribution is 6.29. The van der Waals surface area contributed by atoms with Crippen LogP contribution in [0.2, 0.25) is 5.15 Å². The third-order valence-electron chi connectivity index (χ3n) is 3.41. The number of hydrogen-bond acceptors (Lipinski definition) is 4. The average Bonchev–Trinajstić information content (AvgIpc) is 2.38. The molecule has 2 heterocycles. The molecule has 0 saturated carbocycles. The molecule has 1 aromatic heterocycles. The summed E-state index contributed by atoms with van der Waals surface area (Å²) in [6.07, 6.45) is 3.62. The zero-order chi connectivity index (χ0) is 13.8. The molecular weight excluding hydrogens is 266 g/mol. The number of carbonyl (C=O) groups is 1. The SMILES string of the molecule is Nc1cc(C(=O)N2CCCCC2CCO)cc(Cl)n1. The van der Waals surface area contributed by atoms with Gasteiger partial charge in [0, 0.05) is 24.8 Å². The van der Waals surface area contributed by atoms with E-state index in [0.29, 0.717) is 18.5 Å². The van der Waals surface area contributed by atoms with Gasteiger partial charge in [0.1, 0.15) is 11.0 Å². The Bertz CT molecular complexity index is 445. The van der Waals surface area contributed by atoms with Crippen molar-refractivity contribution < 1.29 is 9.90 Å². The van der Waals surface area contributed by atoms with Crippen LogP contribution < -0.4 is 5.73 Å². The van der Waals surface area contributed by atoms with Crippen molar-refractivity contribution in [3.63, 3.8) is 0 Å². The number of carbonyl (C=O) groups excluding carboxylic acids is 1. The van der Waals surface area contributed by atoms with Crippen LogP contribution in [0.15, 0.2) is 12.1 Å². The molecule has 1 atom stereocenters. The molecule has 1 aromatic rings. The molecule has 1 fully saturated rings. The lowest BCUT2D eigenvalue weighted by molar-refractivity contribution is 0.0574. The lowest BCUT2D eigenvalue weighted by atomic mass is 9.98. The number of nitrogen functional groups attached to an aromatic ring is 1. The van der Waals surface area contributed by atoms with Gasteiger partial charge in [0.05, 0.1) is 0 Å². The molecule has 0 radical (unpaired) electrons. The first-order valence-electron chi connectivity index (χ1n) is 6.46. The quantitative estimate of drug-likeness (QED) is 0.828. The fraction of sp³-hybridized carbons (Fsp3) is 0.538. The Hall–Kier alpha value is -1.33. The molecule has 6 heteroatoms. The van der Waals surface area contributed by atoms with Crippen LogP contribution in [-0.2, 0) is 0 Å². The zero-order valence-corrected chi connectivity index (χ0v) is 11.4. The van der Waals surface area contributed by atoms with Crippen LogP contribution in [0.3, 0.4) is 0 Å². The van der Waals surface area contributed by atoms with Crippen molar-refractivity contribution in [3.05, 3.63) is 22.8 Å². The second-order valence-electron chi connectivity index (χ2n) is 4.76. The monoisotopic (exact) mass is 283 g/mol. The molecule has 1 saturated heterocycles. The van der Waals surface area contributed by atoms with Crippen molar-refractivity contribution in [1.82, 2.24) is 9.88 Å². The summed E-state index contributed by atoms with van der Waals surface area (Å²) < 4.78 is 0. The van der Waals surface area contributed by atoms with E-state index in [4.69, 9.17) is 22.4 Å². The second-order valence-corrected chi connectivity index (χ2v) is 5.15. The maximum atomic E-state index is 12.5. The van der Waals surface area contributed by atoms with Crippen LogP contribution in [-0.4, -0.2) is 40.1 Å². The summed E-state index contributed by atoms with van der Waals surface area (Å²) in [6.45, 7) is 0.803. The van der Waals surface area contributed by atoms with Gasteiger partial charge in [0.15, 0.2) is 0 Å². The predicted octanol–water partition coefficient (Wildman–Crippen LogP) is 1.69. The number of likely N-dealkylation sites (tertiary alicyclic amines) is 1. The number of halogens is 1. The number of nitrogens with zero attached hydrogens (tertiary/aromatic N) is 2. The average molecular weight is 284 g/mol. The van der Waals surface area contributed by atoms with Gasteiger partial charge in [-0.15, -0.1) is 0 Å². The molecule has 1 aliphatic rings. The van der Waals surface area contributed by atoms with Crippen LogP contribution in [0.5, 0.6) is 0 Å². The van der Waals surface area contributed by atoms with Crippen molar-refractivity contribution in [2.45, 2.75) is 31.7 Å². The summed E-state index contributed by atoms with van der Waals surface area (Å²) in [5, 5.41) is 9.31. The standard InChI is InChI=1S/C13H18ClN3O2/c14-11-7-9(8-12(15)16-11)13(19)17-5-2-1-3-10(17)4-6-18/h7-8,10,18H,1-6H2,(H2,15,16). The van der Waals surface area contributed by atoms with Crippen LogP contribution in [0.4, 0.5) is 5.82 Å². The zero-order valence-electron chi connectivity index (χ0n) is 10.7. The summed E-state index contributed by atoms with van der Waals surface area (Å²) >= 11 is 5.83. The predicted molar refractivity (Wildman–Crippen MR) is 74.0 cm³/mol. The Balaban J connectivity index is 2.20. The van der Waals surface area contributed by atoms with E-state index in [1.54, 1.807) is 6.07 Å². The molecule has 0 aliphatic carbocycles. The summed E-state index contributed by atoms with van der Waals surface area (Å²) in [5.74, 6) is 0.153. The molecular formula is C13H18ClN3O2. The number of aliphatic hydroxyl groups excluding tert-OH is 1. The number of hydrogen-bond donors (Lipinski definition) is 2. The van der Waals surface area contributed by atoms with Crippen molar-refractivity contribution in [3.8, 4) is 0 Å². The van der Waals surface area contributed by atoms with E-state index >= 15 is 0 Å². The number of aromatic nitrogens is 1. The van der Waals surface area contributed by atoms with E-state index in [9.17, 15) is 4.79 Å².